The average molecular weight is 444 g/mol. The lowest BCUT2D eigenvalue weighted by Gasteiger charge is -2.22. The molecule has 6 nitrogen and oxygen atoms in total. The minimum absolute atomic E-state index is 0.0950. The van der Waals surface area contributed by atoms with E-state index in [1.807, 2.05) is 11.3 Å². The van der Waals surface area contributed by atoms with Gasteiger partial charge in [-0.15, -0.1) is 21.5 Å². The van der Waals surface area contributed by atoms with Crippen molar-refractivity contribution in [1.29, 1.82) is 0 Å². The normalized spacial score (nSPS) is 20.0. The molecule has 3 aromatic heterocycles. The third-order valence-electron chi connectivity index (χ3n) is 6.46. The summed E-state index contributed by atoms with van der Waals surface area (Å²) in [5, 5.41) is 14.2. The molecule has 3 heterocycles. The number of fused-ring (bicyclic) bond motifs is 5. The monoisotopic (exact) mass is 443 g/mol. The fraction of sp³-hybridized carbons (Fsp3) is 0.636. The quantitative estimate of drug-likeness (QED) is 0.585. The maximum Gasteiger partial charge on any atom is 0.230 e. The van der Waals surface area contributed by atoms with E-state index < -0.39 is 0 Å². The van der Waals surface area contributed by atoms with Gasteiger partial charge in [0.1, 0.15) is 10.7 Å². The van der Waals surface area contributed by atoms with Crippen LogP contribution in [0.5, 0.6) is 0 Å². The largest absolute Gasteiger partial charge is 0.353 e. The van der Waals surface area contributed by atoms with E-state index >= 15 is 0 Å². The molecular formula is C22H29N5OS2. The number of aromatic nitrogens is 4. The van der Waals surface area contributed by atoms with Crippen molar-refractivity contribution in [3.8, 4) is 0 Å². The molecule has 1 atom stereocenters. The molecule has 0 radical (unpaired) electrons. The maximum atomic E-state index is 12.5. The second-order valence-corrected chi connectivity index (χ2v) is 10.8. The molecule has 2 aliphatic rings. The Hall–Kier alpha value is -1.67. The van der Waals surface area contributed by atoms with Gasteiger partial charge in [0.15, 0.2) is 10.8 Å². The Labute approximate surface area is 185 Å². The molecule has 0 spiro atoms. The van der Waals surface area contributed by atoms with Crippen LogP contribution >= 0.6 is 23.1 Å². The Kier molecular flexibility index (Phi) is 5.71. The van der Waals surface area contributed by atoms with Gasteiger partial charge >= 0.3 is 0 Å². The minimum atomic E-state index is 0.0950. The number of carbonyl (C=O) groups excluding carboxylic acids is 1. The van der Waals surface area contributed by atoms with Crippen LogP contribution in [-0.4, -0.2) is 37.3 Å². The summed E-state index contributed by atoms with van der Waals surface area (Å²) < 4.78 is 2.09. The van der Waals surface area contributed by atoms with Crippen molar-refractivity contribution in [2.24, 2.45) is 5.92 Å². The lowest BCUT2D eigenvalue weighted by atomic mass is 9.89. The van der Waals surface area contributed by atoms with E-state index in [1.165, 1.54) is 53.3 Å². The number of carbonyl (C=O) groups is 1. The number of thiophene rings is 1. The fourth-order valence-electron chi connectivity index (χ4n) is 4.85. The molecule has 1 N–H and O–H groups in total. The SMILES string of the molecule is CCc1nc2sc3c(c2c2nnc(SCC(=O)NC4CCCCC4)n12)CC[C@H](C)C3. The van der Waals surface area contributed by atoms with Gasteiger partial charge < -0.3 is 5.32 Å². The van der Waals surface area contributed by atoms with Crippen LogP contribution in [0.3, 0.4) is 0 Å². The Morgan fingerprint density at radius 2 is 2.07 bits per heavy atom. The molecule has 0 bridgehead atoms. The summed E-state index contributed by atoms with van der Waals surface area (Å²) in [6, 6.07) is 0.342. The number of rotatable bonds is 5. The van der Waals surface area contributed by atoms with E-state index in [1.54, 1.807) is 0 Å². The number of thioether (sulfide) groups is 1. The van der Waals surface area contributed by atoms with Crippen LogP contribution in [-0.2, 0) is 24.1 Å². The molecule has 5 rings (SSSR count). The highest BCUT2D eigenvalue weighted by Crippen LogP contribution is 2.39. The van der Waals surface area contributed by atoms with Gasteiger partial charge in [-0.05, 0) is 43.6 Å². The highest BCUT2D eigenvalue weighted by Gasteiger charge is 2.25. The zero-order chi connectivity index (χ0) is 20.7. The van der Waals surface area contributed by atoms with Crippen molar-refractivity contribution < 1.29 is 4.79 Å². The molecule has 0 aliphatic heterocycles. The predicted octanol–water partition coefficient (Wildman–Crippen LogP) is 4.57. The molecule has 160 valence electrons. The Bertz CT molecular complexity index is 1080. The van der Waals surface area contributed by atoms with Crippen LogP contribution in [0.15, 0.2) is 5.16 Å². The smallest absolute Gasteiger partial charge is 0.230 e. The van der Waals surface area contributed by atoms with E-state index in [0.717, 1.165) is 59.5 Å². The van der Waals surface area contributed by atoms with Gasteiger partial charge in [-0.25, -0.2) is 4.98 Å². The van der Waals surface area contributed by atoms with Gasteiger partial charge in [-0.3, -0.25) is 9.20 Å². The fourth-order valence-corrected chi connectivity index (χ4v) is 7.01. The Morgan fingerprint density at radius 1 is 1.23 bits per heavy atom. The van der Waals surface area contributed by atoms with Gasteiger partial charge in [0.2, 0.25) is 5.91 Å². The first-order valence-electron chi connectivity index (χ1n) is 11.2. The van der Waals surface area contributed by atoms with Crippen LogP contribution in [0.25, 0.3) is 15.9 Å². The van der Waals surface area contributed by atoms with Crippen LogP contribution in [0, 0.1) is 5.92 Å². The van der Waals surface area contributed by atoms with E-state index in [-0.39, 0.29) is 5.91 Å². The van der Waals surface area contributed by atoms with Crippen molar-refractivity contribution in [2.45, 2.75) is 82.8 Å². The molecule has 0 saturated heterocycles. The van der Waals surface area contributed by atoms with Gasteiger partial charge in [-0.2, -0.15) is 0 Å². The summed E-state index contributed by atoms with van der Waals surface area (Å²) in [6.45, 7) is 4.45. The minimum Gasteiger partial charge on any atom is -0.353 e. The van der Waals surface area contributed by atoms with E-state index in [9.17, 15) is 4.79 Å². The Morgan fingerprint density at radius 3 is 2.87 bits per heavy atom. The first kappa shape index (κ1) is 20.2. The second kappa shape index (κ2) is 8.46. The average Bonchev–Trinajstić information content (AvgIpc) is 3.32. The molecule has 1 fully saturated rings. The molecule has 0 unspecified atom stereocenters. The first-order chi connectivity index (χ1) is 14.6. The van der Waals surface area contributed by atoms with E-state index in [4.69, 9.17) is 4.98 Å². The third kappa shape index (κ3) is 3.73. The van der Waals surface area contributed by atoms with Crippen molar-refractivity contribution in [3.05, 3.63) is 16.3 Å². The van der Waals surface area contributed by atoms with E-state index in [0.29, 0.717) is 11.8 Å². The van der Waals surface area contributed by atoms with Crippen LogP contribution in [0.4, 0.5) is 0 Å². The van der Waals surface area contributed by atoms with Crippen LogP contribution < -0.4 is 5.32 Å². The molecule has 30 heavy (non-hydrogen) atoms. The zero-order valence-corrected chi connectivity index (χ0v) is 19.4. The molecule has 3 aromatic rings. The highest BCUT2D eigenvalue weighted by molar-refractivity contribution is 7.99. The van der Waals surface area contributed by atoms with E-state index in [2.05, 4.69) is 33.8 Å². The maximum absolute atomic E-state index is 12.5. The van der Waals surface area contributed by atoms with Gasteiger partial charge in [0, 0.05) is 17.3 Å². The topological polar surface area (TPSA) is 72.2 Å². The van der Waals surface area contributed by atoms with Gasteiger partial charge in [0.05, 0.1) is 11.1 Å². The molecule has 1 saturated carbocycles. The first-order valence-corrected chi connectivity index (χ1v) is 13.0. The van der Waals surface area contributed by atoms with Gasteiger partial charge in [-0.1, -0.05) is 44.9 Å². The summed E-state index contributed by atoms with van der Waals surface area (Å²) in [5.74, 6) is 2.18. The van der Waals surface area contributed by atoms with Crippen molar-refractivity contribution in [3.63, 3.8) is 0 Å². The summed E-state index contributed by atoms with van der Waals surface area (Å²) in [4.78, 5) is 20.0. The number of nitrogens with zero attached hydrogens (tertiary/aromatic N) is 4. The predicted molar refractivity (Wildman–Crippen MR) is 122 cm³/mol. The van der Waals surface area contributed by atoms with Crippen molar-refractivity contribution in [2.75, 3.05) is 5.75 Å². The molecular weight excluding hydrogens is 414 g/mol. The zero-order valence-electron chi connectivity index (χ0n) is 17.7. The second-order valence-electron chi connectivity index (χ2n) is 8.75. The van der Waals surface area contributed by atoms with Gasteiger partial charge in [0.25, 0.3) is 0 Å². The highest BCUT2D eigenvalue weighted by atomic mass is 32.2. The summed E-state index contributed by atoms with van der Waals surface area (Å²) in [5.41, 5.74) is 2.34. The molecule has 1 amide bonds. The third-order valence-corrected chi connectivity index (χ3v) is 8.53. The van der Waals surface area contributed by atoms with Crippen molar-refractivity contribution in [1.82, 2.24) is 24.9 Å². The van der Waals surface area contributed by atoms with Crippen LogP contribution in [0.2, 0.25) is 0 Å². The lowest BCUT2D eigenvalue weighted by molar-refractivity contribution is -0.119. The number of amides is 1. The summed E-state index contributed by atoms with van der Waals surface area (Å²) in [6.07, 6.45) is 10.2. The number of aryl methyl sites for hydroxylation is 2. The Balaban J connectivity index is 1.43. The summed E-state index contributed by atoms with van der Waals surface area (Å²) >= 11 is 3.30. The molecule has 8 heteroatoms. The lowest BCUT2D eigenvalue weighted by Crippen LogP contribution is -2.37. The van der Waals surface area contributed by atoms with Crippen molar-refractivity contribution >= 4 is 44.9 Å². The summed E-state index contributed by atoms with van der Waals surface area (Å²) in [7, 11) is 0. The standard InChI is InChI=1S/C22H29N5OS2/c1-3-17-24-21-19(15-10-9-13(2)11-16(15)30-21)20-25-26-22(27(17)20)29-12-18(28)23-14-7-5-4-6-8-14/h13-14H,3-12H2,1-2H3,(H,23,28)/t13-/m0/s1. The molecule has 0 aromatic carbocycles. The number of hydrogen-bond acceptors (Lipinski definition) is 6. The van der Waals surface area contributed by atoms with Crippen LogP contribution in [0.1, 0.15) is 68.6 Å². The number of nitrogens with one attached hydrogen (secondary N) is 1. The number of hydrogen-bond donors (Lipinski definition) is 1. The molecule has 2 aliphatic carbocycles.